The van der Waals surface area contributed by atoms with Crippen molar-refractivity contribution in [3.05, 3.63) is 42.6 Å². The molecular weight excluding hydrogens is 258 g/mol. The van der Waals surface area contributed by atoms with Crippen LogP contribution in [0.5, 0.6) is 0 Å². The number of carbonyl (C=O) groups excluding carboxylic acids is 1. The Bertz CT molecular complexity index is 754. The van der Waals surface area contributed by atoms with Crippen LogP contribution in [0.25, 0.3) is 17.0 Å². The van der Waals surface area contributed by atoms with Gasteiger partial charge in [0.1, 0.15) is 6.42 Å². The molecule has 3 rings (SSSR count). The molecule has 0 atom stereocenters. The van der Waals surface area contributed by atoms with E-state index >= 15 is 0 Å². The third kappa shape index (κ3) is 2.20. The fourth-order valence-corrected chi connectivity index (χ4v) is 1.85. The normalized spacial score (nSPS) is 10.7. The van der Waals surface area contributed by atoms with Gasteiger partial charge in [0.25, 0.3) is 5.78 Å². The van der Waals surface area contributed by atoms with E-state index in [-0.39, 0.29) is 12.4 Å². The average Bonchev–Trinajstić information content (AvgIpc) is 2.90. The lowest BCUT2D eigenvalue weighted by molar-refractivity contribution is -0.139. The highest BCUT2D eigenvalue weighted by molar-refractivity contribution is 5.71. The van der Waals surface area contributed by atoms with Crippen LogP contribution < -0.4 is 0 Å². The molecule has 0 saturated heterocycles. The van der Waals surface area contributed by atoms with E-state index < -0.39 is 0 Å². The van der Waals surface area contributed by atoms with Gasteiger partial charge in [-0.1, -0.05) is 0 Å². The Morgan fingerprint density at radius 3 is 2.80 bits per heavy atom. The van der Waals surface area contributed by atoms with Gasteiger partial charge in [0.05, 0.1) is 12.8 Å². The Balaban J connectivity index is 2.08. The third-order valence-electron chi connectivity index (χ3n) is 2.79. The first-order chi connectivity index (χ1) is 9.78. The Morgan fingerprint density at radius 1 is 1.25 bits per heavy atom. The SMILES string of the molecule is COC(=O)Cc1nc2nccc(-c3ccncc3)n2n1. The Kier molecular flexibility index (Phi) is 3.08. The molecular formula is C13H11N5O2. The monoisotopic (exact) mass is 269 g/mol. The molecule has 0 aliphatic heterocycles. The van der Waals surface area contributed by atoms with E-state index in [1.165, 1.54) is 7.11 Å². The molecule has 0 aliphatic rings. The zero-order valence-corrected chi connectivity index (χ0v) is 10.7. The number of methoxy groups -OCH3 is 1. The van der Waals surface area contributed by atoms with Gasteiger partial charge in [-0.25, -0.2) is 4.98 Å². The fraction of sp³-hybridized carbons (Fsp3) is 0.154. The van der Waals surface area contributed by atoms with Gasteiger partial charge < -0.3 is 4.74 Å². The summed E-state index contributed by atoms with van der Waals surface area (Å²) in [4.78, 5) is 23.6. The molecule has 0 aliphatic carbocycles. The van der Waals surface area contributed by atoms with Crippen LogP contribution in [0.1, 0.15) is 5.82 Å². The smallest absolute Gasteiger partial charge is 0.313 e. The lowest BCUT2D eigenvalue weighted by atomic mass is 10.2. The van der Waals surface area contributed by atoms with Gasteiger partial charge in [-0.05, 0) is 18.2 Å². The summed E-state index contributed by atoms with van der Waals surface area (Å²) in [5, 5.41) is 4.30. The summed E-state index contributed by atoms with van der Waals surface area (Å²) in [6.07, 6.45) is 5.08. The number of nitrogens with zero attached hydrogens (tertiary/aromatic N) is 5. The highest BCUT2D eigenvalue weighted by Crippen LogP contribution is 2.17. The van der Waals surface area contributed by atoms with Crippen molar-refractivity contribution in [2.24, 2.45) is 0 Å². The first-order valence-electron chi connectivity index (χ1n) is 5.96. The number of pyridine rings is 1. The minimum absolute atomic E-state index is 0.0235. The first-order valence-corrected chi connectivity index (χ1v) is 5.96. The van der Waals surface area contributed by atoms with Crippen molar-refractivity contribution >= 4 is 11.7 Å². The molecule has 20 heavy (non-hydrogen) atoms. The number of ether oxygens (including phenoxy) is 1. The molecule has 0 radical (unpaired) electrons. The van der Waals surface area contributed by atoms with Crippen LogP contribution in [0, 0.1) is 0 Å². The van der Waals surface area contributed by atoms with Crippen molar-refractivity contribution < 1.29 is 9.53 Å². The number of aromatic nitrogens is 5. The maximum Gasteiger partial charge on any atom is 0.313 e. The second-order valence-electron chi connectivity index (χ2n) is 4.06. The molecule has 0 bridgehead atoms. The predicted octanol–water partition coefficient (Wildman–Crippen LogP) is 0.902. The topological polar surface area (TPSA) is 82.3 Å². The molecule has 100 valence electrons. The highest BCUT2D eigenvalue weighted by Gasteiger charge is 2.12. The van der Waals surface area contributed by atoms with Crippen molar-refractivity contribution in [1.29, 1.82) is 0 Å². The number of carbonyl (C=O) groups is 1. The van der Waals surface area contributed by atoms with E-state index in [4.69, 9.17) is 0 Å². The van der Waals surface area contributed by atoms with Crippen LogP contribution >= 0.6 is 0 Å². The van der Waals surface area contributed by atoms with Crippen LogP contribution in [-0.4, -0.2) is 37.6 Å². The maximum absolute atomic E-state index is 11.3. The van der Waals surface area contributed by atoms with E-state index in [9.17, 15) is 4.79 Å². The number of fused-ring (bicyclic) bond motifs is 1. The van der Waals surface area contributed by atoms with Crippen molar-refractivity contribution in [2.45, 2.75) is 6.42 Å². The molecule has 0 aromatic carbocycles. The van der Waals surface area contributed by atoms with Crippen molar-refractivity contribution in [1.82, 2.24) is 24.6 Å². The van der Waals surface area contributed by atoms with Crippen molar-refractivity contribution in [3.8, 4) is 11.3 Å². The molecule has 7 heteroatoms. The first kappa shape index (κ1) is 12.2. The molecule has 0 fully saturated rings. The molecule has 0 spiro atoms. The van der Waals surface area contributed by atoms with Crippen LogP contribution in [0.3, 0.4) is 0 Å². The number of rotatable bonds is 3. The van der Waals surface area contributed by atoms with Gasteiger partial charge in [0, 0.05) is 24.2 Å². The summed E-state index contributed by atoms with van der Waals surface area (Å²) in [5.74, 6) is 0.440. The second-order valence-corrected chi connectivity index (χ2v) is 4.06. The fourth-order valence-electron chi connectivity index (χ4n) is 1.85. The quantitative estimate of drug-likeness (QED) is 0.657. The summed E-state index contributed by atoms with van der Waals surface area (Å²) in [7, 11) is 1.33. The molecule has 7 nitrogen and oxygen atoms in total. The molecule has 3 aromatic heterocycles. The summed E-state index contributed by atoms with van der Waals surface area (Å²) >= 11 is 0. The minimum Gasteiger partial charge on any atom is -0.469 e. The van der Waals surface area contributed by atoms with Gasteiger partial charge >= 0.3 is 5.97 Å². The second kappa shape index (κ2) is 5.04. The Hall–Kier alpha value is -2.83. The van der Waals surface area contributed by atoms with E-state index in [0.717, 1.165) is 11.3 Å². The highest BCUT2D eigenvalue weighted by atomic mass is 16.5. The number of hydrogen-bond acceptors (Lipinski definition) is 6. The van der Waals surface area contributed by atoms with E-state index in [2.05, 4.69) is 24.8 Å². The predicted molar refractivity (Wildman–Crippen MR) is 69.7 cm³/mol. The van der Waals surface area contributed by atoms with Crippen molar-refractivity contribution in [2.75, 3.05) is 7.11 Å². The number of hydrogen-bond donors (Lipinski definition) is 0. The zero-order valence-electron chi connectivity index (χ0n) is 10.7. The Labute approximate surface area is 114 Å². The molecule has 3 aromatic rings. The molecule has 0 N–H and O–H groups in total. The third-order valence-corrected chi connectivity index (χ3v) is 2.79. The number of esters is 1. The standard InChI is InChI=1S/C13H11N5O2/c1-20-12(19)8-11-16-13-15-7-4-10(18(13)17-11)9-2-5-14-6-3-9/h2-7H,8H2,1H3. The van der Waals surface area contributed by atoms with Crippen LogP contribution in [0.4, 0.5) is 0 Å². The summed E-state index contributed by atoms with van der Waals surface area (Å²) in [6, 6.07) is 5.58. The Morgan fingerprint density at radius 2 is 2.05 bits per heavy atom. The van der Waals surface area contributed by atoms with Crippen LogP contribution in [0.15, 0.2) is 36.8 Å². The van der Waals surface area contributed by atoms with Crippen LogP contribution in [-0.2, 0) is 16.0 Å². The van der Waals surface area contributed by atoms with E-state index in [1.807, 2.05) is 18.2 Å². The zero-order chi connectivity index (χ0) is 13.9. The lowest BCUT2D eigenvalue weighted by Gasteiger charge is -2.02. The van der Waals surface area contributed by atoms with Gasteiger partial charge in [0.15, 0.2) is 5.82 Å². The maximum atomic E-state index is 11.3. The molecule has 0 amide bonds. The van der Waals surface area contributed by atoms with Gasteiger partial charge in [-0.2, -0.15) is 9.50 Å². The summed E-state index contributed by atoms with van der Waals surface area (Å²) in [5.41, 5.74) is 1.78. The largest absolute Gasteiger partial charge is 0.469 e. The average molecular weight is 269 g/mol. The minimum atomic E-state index is -0.383. The van der Waals surface area contributed by atoms with E-state index in [0.29, 0.717) is 11.6 Å². The molecule has 3 heterocycles. The van der Waals surface area contributed by atoms with Gasteiger partial charge in [0.2, 0.25) is 0 Å². The van der Waals surface area contributed by atoms with Gasteiger partial charge in [-0.3, -0.25) is 9.78 Å². The lowest BCUT2D eigenvalue weighted by Crippen LogP contribution is -2.06. The molecule has 0 saturated carbocycles. The van der Waals surface area contributed by atoms with Crippen molar-refractivity contribution in [3.63, 3.8) is 0 Å². The molecule has 0 unspecified atom stereocenters. The van der Waals surface area contributed by atoms with Gasteiger partial charge in [-0.15, -0.1) is 5.10 Å². The van der Waals surface area contributed by atoms with Crippen LogP contribution in [0.2, 0.25) is 0 Å². The van der Waals surface area contributed by atoms with E-state index in [1.54, 1.807) is 23.1 Å². The summed E-state index contributed by atoms with van der Waals surface area (Å²) in [6.45, 7) is 0. The summed E-state index contributed by atoms with van der Waals surface area (Å²) < 4.78 is 6.21.